The van der Waals surface area contributed by atoms with Crippen LogP contribution in [0.5, 0.6) is 0 Å². The molecule has 1 atom stereocenters. The van der Waals surface area contributed by atoms with Crippen LogP contribution in [0.3, 0.4) is 0 Å². The second-order valence-corrected chi connectivity index (χ2v) is 4.84. The summed E-state index contributed by atoms with van der Waals surface area (Å²) >= 11 is 0. The lowest BCUT2D eigenvalue weighted by atomic mass is 10.1. The van der Waals surface area contributed by atoms with E-state index in [1.54, 1.807) is 0 Å². The van der Waals surface area contributed by atoms with Crippen molar-refractivity contribution in [3.63, 3.8) is 0 Å². The maximum atomic E-state index is 2.42. The zero-order chi connectivity index (χ0) is 12.0. The van der Waals surface area contributed by atoms with Crippen molar-refractivity contribution in [3.05, 3.63) is 35.9 Å². The van der Waals surface area contributed by atoms with Gasteiger partial charge in [0.1, 0.15) is 0 Å². The van der Waals surface area contributed by atoms with Gasteiger partial charge in [0.15, 0.2) is 0 Å². The first-order valence-corrected chi connectivity index (χ1v) is 5.98. The largest absolute Gasteiger partial charge is 0.309 e. The van der Waals surface area contributed by atoms with Crippen molar-refractivity contribution < 1.29 is 0 Å². The Bertz CT molecular complexity index is 282. The molecule has 0 amide bonds. The lowest BCUT2D eigenvalue weighted by Gasteiger charge is -2.25. The molecule has 0 N–H and O–H groups in total. The number of hydrogen-bond acceptors (Lipinski definition) is 2. The fraction of sp³-hybridized carbons (Fsp3) is 0.571. The molecule has 0 aromatic heterocycles. The lowest BCUT2D eigenvalue weighted by molar-refractivity contribution is 0.220. The summed E-state index contributed by atoms with van der Waals surface area (Å²) in [7, 11) is 6.46. The summed E-state index contributed by atoms with van der Waals surface area (Å²) in [5.74, 6) is 0. The van der Waals surface area contributed by atoms with Crippen LogP contribution in [0.25, 0.3) is 0 Å². The van der Waals surface area contributed by atoms with Gasteiger partial charge in [0.2, 0.25) is 0 Å². The summed E-state index contributed by atoms with van der Waals surface area (Å²) in [6, 6.07) is 11.3. The minimum Gasteiger partial charge on any atom is -0.309 e. The van der Waals surface area contributed by atoms with Gasteiger partial charge in [-0.3, -0.25) is 4.90 Å². The molecule has 0 fully saturated rings. The number of nitrogens with zero attached hydrogens (tertiary/aromatic N) is 2. The summed E-state index contributed by atoms with van der Waals surface area (Å²) in [5, 5.41) is 0. The van der Waals surface area contributed by atoms with Crippen LogP contribution < -0.4 is 0 Å². The van der Waals surface area contributed by atoms with Gasteiger partial charge in [-0.2, -0.15) is 0 Å². The Labute approximate surface area is 99.9 Å². The van der Waals surface area contributed by atoms with E-state index in [0.717, 1.165) is 13.1 Å². The molecule has 0 bridgehead atoms. The molecule has 16 heavy (non-hydrogen) atoms. The van der Waals surface area contributed by atoms with Crippen molar-refractivity contribution in [3.8, 4) is 0 Å². The minimum atomic E-state index is 0.627. The van der Waals surface area contributed by atoms with Crippen molar-refractivity contribution in [2.24, 2.45) is 0 Å². The molecule has 1 aromatic rings. The Hall–Kier alpha value is -0.860. The molecular weight excluding hydrogens is 196 g/mol. The van der Waals surface area contributed by atoms with E-state index in [2.05, 4.69) is 68.2 Å². The van der Waals surface area contributed by atoms with E-state index in [9.17, 15) is 0 Å². The van der Waals surface area contributed by atoms with Crippen LogP contribution in [-0.2, 0) is 6.54 Å². The molecule has 0 aliphatic carbocycles. The third-order valence-corrected chi connectivity index (χ3v) is 3.02. The maximum absolute atomic E-state index is 2.42. The van der Waals surface area contributed by atoms with E-state index >= 15 is 0 Å². The number of rotatable bonds is 6. The summed E-state index contributed by atoms with van der Waals surface area (Å²) in [6.07, 6.45) is 1.22. The summed E-state index contributed by atoms with van der Waals surface area (Å²) in [4.78, 5) is 4.66. The Morgan fingerprint density at radius 1 is 1.06 bits per heavy atom. The first-order valence-electron chi connectivity index (χ1n) is 5.98. The number of benzene rings is 1. The highest BCUT2D eigenvalue weighted by Crippen LogP contribution is 2.08. The van der Waals surface area contributed by atoms with Gasteiger partial charge in [0, 0.05) is 12.6 Å². The van der Waals surface area contributed by atoms with Crippen molar-refractivity contribution in [1.82, 2.24) is 9.80 Å². The van der Waals surface area contributed by atoms with Crippen LogP contribution in [0.1, 0.15) is 18.9 Å². The Balaban J connectivity index is 2.37. The molecule has 0 aliphatic rings. The molecule has 1 rings (SSSR count). The number of hydrogen-bond donors (Lipinski definition) is 0. The topological polar surface area (TPSA) is 6.48 Å². The predicted molar refractivity (Wildman–Crippen MR) is 70.5 cm³/mol. The molecule has 0 aliphatic heterocycles. The van der Waals surface area contributed by atoms with E-state index in [-0.39, 0.29) is 0 Å². The van der Waals surface area contributed by atoms with Crippen LogP contribution >= 0.6 is 0 Å². The van der Waals surface area contributed by atoms with E-state index in [0.29, 0.717) is 6.04 Å². The fourth-order valence-corrected chi connectivity index (χ4v) is 1.69. The average molecular weight is 220 g/mol. The second kappa shape index (κ2) is 6.66. The summed E-state index contributed by atoms with van der Waals surface area (Å²) < 4.78 is 0. The molecule has 1 unspecified atom stereocenters. The fourth-order valence-electron chi connectivity index (χ4n) is 1.69. The normalized spacial score (nSPS) is 13.4. The van der Waals surface area contributed by atoms with Gasteiger partial charge in [-0.05, 0) is 46.6 Å². The molecule has 2 nitrogen and oxygen atoms in total. The van der Waals surface area contributed by atoms with Gasteiger partial charge in [-0.15, -0.1) is 0 Å². The van der Waals surface area contributed by atoms with Crippen LogP contribution in [-0.4, -0.2) is 43.5 Å². The van der Waals surface area contributed by atoms with Gasteiger partial charge in [0.05, 0.1) is 0 Å². The van der Waals surface area contributed by atoms with Crippen molar-refractivity contribution in [2.75, 3.05) is 27.7 Å². The second-order valence-electron chi connectivity index (χ2n) is 4.84. The molecule has 0 heterocycles. The Morgan fingerprint density at radius 3 is 2.25 bits per heavy atom. The molecule has 1 aromatic carbocycles. The third kappa shape index (κ3) is 4.77. The molecule has 0 spiro atoms. The highest BCUT2D eigenvalue weighted by Gasteiger charge is 2.09. The maximum Gasteiger partial charge on any atom is 0.0233 e. The smallest absolute Gasteiger partial charge is 0.0233 e. The quantitative estimate of drug-likeness (QED) is 0.726. The van der Waals surface area contributed by atoms with E-state index < -0.39 is 0 Å². The van der Waals surface area contributed by atoms with Crippen molar-refractivity contribution in [1.29, 1.82) is 0 Å². The standard InChI is InChI=1S/C14H24N2/c1-13(10-11-15(2)3)16(4)12-14-8-6-5-7-9-14/h5-9,13H,10-12H2,1-4H3. The molecule has 0 saturated heterocycles. The molecule has 2 heteroatoms. The van der Waals surface area contributed by atoms with Crippen LogP contribution in [0, 0.1) is 0 Å². The van der Waals surface area contributed by atoms with Gasteiger partial charge in [-0.25, -0.2) is 0 Å². The first-order chi connectivity index (χ1) is 7.59. The summed E-state index contributed by atoms with van der Waals surface area (Å²) in [5.41, 5.74) is 1.39. The molecule has 0 radical (unpaired) electrons. The van der Waals surface area contributed by atoms with Crippen molar-refractivity contribution in [2.45, 2.75) is 25.9 Å². The van der Waals surface area contributed by atoms with E-state index in [4.69, 9.17) is 0 Å². The highest BCUT2D eigenvalue weighted by molar-refractivity contribution is 5.14. The van der Waals surface area contributed by atoms with Gasteiger partial charge >= 0.3 is 0 Å². The summed E-state index contributed by atoms with van der Waals surface area (Å²) in [6.45, 7) is 4.49. The van der Waals surface area contributed by atoms with Crippen LogP contribution in [0.2, 0.25) is 0 Å². The first kappa shape index (κ1) is 13.2. The third-order valence-electron chi connectivity index (χ3n) is 3.02. The van der Waals surface area contributed by atoms with Crippen LogP contribution in [0.15, 0.2) is 30.3 Å². The van der Waals surface area contributed by atoms with Crippen LogP contribution in [0.4, 0.5) is 0 Å². The van der Waals surface area contributed by atoms with Crippen molar-refractivity contribution >= 4 is 0 Å². The Kier molecular flexibility index (Phi) is 5.50. The zero-order valence-electron chi connectivity index (χ0n) is 11.0. The highest BCUT2D eigenvalue weighted by atomic mass is 15.1. The van der Waals surface area contributed by atoms with Gasteiger partial charge in [0.25, 0.3) is 0 Å². The van der Waals surface area contributed by atoms with Gasteiger partial charge < -0.3 is 4.90 Å². The monoisotopic (exact) mass is 220 g/mol. The molecule has 0 saturated carbocycles. The molecular formula is C14H24N2. The minimum absolute atomic E-state index is 0.627. The van der Waals surface area contributed by atoms with E-state index in [1.807, 2.05) is 0 Å². The molecule has 90 valence electrons. The lowest BCUT2D eigenvalue weighted by Crippen LogP contribution is -2.31. The van der Waals surface area contributed by atoms with Gasteiger partial charge in [-0.1, -0.05) is 30.3 Å². The predicted octanol–water partition coefficient (Wildman–Crippen LogP) is 2.46. The Morgan fingerprint density at radius 2 is 1.69 bits per heavy atom. The van der Waals surface area contributed by atoms with E-state index in [1.165, 1.54) is 12.0 Å². The zero-order valence-corrected chi connectivity index (χ0v) is 11.0. The average Bonchev–Trinajstić information content (AvgIpc) is 2.27. The SMILES string of the molecule is CC(CCN(C)C)N(C)Cc1ccccc1.